The van der Waals surface area contributed by atoms with E-state index in [1.54, 1.807) is 17.4 Å². The molecule has 5 heteroatoms. The van der Waals surface area contributed by atoms with E-state index < -0.39 is 5.97 Å². The molecule has 0 aliphatic rings. The molecular weight excluding hydrogens is 358 g/mol. The fourth-order valence-corrected chi connectivity index (χ4v) is 3.52. The van der Waals surface area contributed by atoms with Crippen LogP contribution in [-0.2, 0) is 16.1 Å². The Hall–Kier alpha value is -2.92. The molecule has 3 rings (SSSR count). The molecule has 3 aromatic rings. The van der Waals surface area contributed by atoms with Gasteiger partial charge in [-0.05, 0) is 53.9 Å². The summed E-state index contributed by atoms with van der Waals surface area (Å²) in [6.45, 7) is 4.33. The van der Waals surface area contributed by atoms with Crippen molar-refractivity contribution in [1.29, 1.82) is 0 Å². The van der Waals surface area contributed by atoms with Gasteiger partial charge in [-0.25, -0.2) is 4.79 Å². The van der Waals surface area contributed by atoms with E-state index in [0.717, 1.165) is 17.0 Å². The summed E-state index contributed by atoms with van der Waals surface area (Å²) in [5.41, 5.74) is 4.59. The van der Waals surface area contributed by atoms with Gasteiger partial charge in [-0.1, -0.05) is 30.3 Å². The summed E-state index contributed by atoms with van der Waals surface area (Å²) in [4.78, 5) is 24.3. The number of carbonyl (C=O) groups is 2. The Labute approximate surface area is 162 Å². The van der Waals surface area contributed by atoms with Crippen LogP contribution in [0.15, 0.2) is 59.3 Å². The number of rotatable bonds is 7. The van der Waals surface area contributed by atoms with Crippen LogP contribution in [-0.4, -0.2) is 22.9 Å². The predicted molar refractivity (Wildman–Crippen MR) is 108 cm³/mol. The van der Waals surface area contributed by atoms with E-state index in [9.17, 15) is 9.59 Å². The minimum Gasteiger partial charge on any atom is -0.454 e. The number of hydrogen-bond donors (Lipinski definition) is 0. The molecule has 0 unspecified atom stereocenters. The van der Waals surface area contributed by atoms with Gasteiger partial charge in [-0.15, -0.1) is 0 Å². The van der Waals surface area contributed by atoms with Gasteiger partial charge in [0, 0.05) is 29.6 Å². The number of Topliss-reactive ketones (excluding diaryl/α,β-unsaturated/α-hetero) is 1. The first-order valence-electron chi connectivity index (χ1n) is 8.65. The fraction of sp³-hybridized carbons (Fsp3) is 0.182. The minimum absolute atomic E-state index is 0.195. The normalized spacial score (nSPS) is 11.0. The first-order chi connectivity index (χ1) is 13.0. The average Bonchev–Trinajstić information content (AvgIpc) is 3.29. The van der Waals surface area contributed by atoms with E-state index in [2.05, 4.69) is 16.7 Å². The van der Waals surface area contributed by atoms with Gasteiger partial charge in [-0.2, -0.15) is 11.3 Å². The van der Waals surface area contributed by atoms with Crippen LogP contribution in [0.5, 0.6) is 0 Å². The second-order valence-corrected chi connectivity index (χ2v) is 7.06. The van der Waals surface area contributed by atoms with E-state index in [0.29, 0.717) is 12.1 Å². The molecule has 2 aromatic heterocycles. The molecular formula is C22H21NO3S. The van der Waals surface area contributed by atoms with Gasteiger partial charge in [0.2, 0.25) is 5.78 Å². The summed E-state index contributed by atoms with van der Waals surface area (Å²) in [6, 6.07) is 13.9. The second-order valence-electron chi connectivity index (χ2n) is 6.28. The van der Waals surface area contributed by atoms with Crippen molar-refractivity contribution in [1.82, 2.24) is 4.57 Å². The zero-order valence-electron chi connectivity index (χ0n) is 15.3. The number of benzene rings is 1. The van der Waals surface area contributed by atoms with E-state index in [4.69, 9.17) is 4.74 Å². The molecule has 0 atom stereocenters. The van der Waals surface area contributed by atoms with Crippen LogP contribution in [0.4, 0.5) is 0 Å². The molecule has 0 bridgehead atoms. The summed E-state index contributed by atoms with van der Waals surface area (Å²) in [6.07, 6.45) is 3.02. The fourth-order valence-electron chi connectivity index (χ4n) is 2.89. The molecule has 0 aliphatic carbocycles. The summed E-state index contributed by atoms with van der Waals surface area (Å²) in [5.74, 6) is -0.715. The maximum Gasteiger partial charge on any atom is 0.331 e. The largest absolute Gasteiger partial charge is 0.454 e. The van der Waals surface area contributed by atoms with E-state index >= 15 is 0 Å². The molecule has 0 aliphatic heterocycles. The maximum absolute atomic E-state index is 12.5. The van der Waals surface area contributed by atoms with Gasteiger partial charge in [-0.3, -0.25) is 4.79 Å². The monoisotopic (exact) mass is 379 g/mol. The van der Waals surface area contributed by atoms with E-state index in [1.165, 1.54) is 11.6 Å². The van der Waals surface area contributed by atoms with Crippen LogP contribution in [0.2, 0.25) is 0 Å². The lowest BCUT2D eigenvalue weighted by atomic mass is 10.1. The van der Waals surface area contributed by atoms with Crippen molar-refractivity contribution in [2.75, 3.05) is 6.61 Å². The van der Waals surface area contributed by atoms with Crippen molar-refractivity contribution in [2.24, 2.45) is 0 Å². The quantitative estimate of drug-likeness (QED) is 0.341. The maximum atomic E-state index is 12.5. The van der Waals surface area contributed by atoms with Crippen molar-refractivity contribution in [3.8, 4) is 0 Å². The molecule has 0 fully saturated rings. The molecule has 0 saturated heterocycles. The summed E-state index contributed by atoms with van der Waals surface area (Å²) < 4.78 is 7.20. The predicted octanol–water partition coefficient (Wildman–Crippen LogP) is 4.65. The summed E-state index contributed by atoms with van der Waals surface area (Å²) >= 11 is 1.55. The molecule has 0 N–H and O–H groups in total. The Morgan fingerprint density at radius 2 is 1.93 bits per heavy atom. The van der Waals surface area contributed by atoms with Gasteiger partial charge in [0.15, 0.2) is 6.61 Å². The standard InChI is InChI=1S/C22H21NO3S/c1-16-12-20(17(2)23(16)13-18-6-4-3-5-7-18)21(24)14-26-22(25)9-8-19-10-11-27-15-19/h3-12,15H,13-14H2,1-2H3/b9-8+. The topological polar surface area (TPSA) is 48.3 Å². The molecule has 27 heavy (non-hydrogen) atoms. The van der Waals surface area contributed by atoms with Gasteiger partial charge in [0.1, 0.15) is 0 Å². The second kappa shape index (κ2) is 8.64. The molecule has 0 spiro atoms. The Kier molecular flexibility index (Phi) is 6.04. The lowest BCUT2D eigenvalue weighted by Crippen LogP contribution is -2.13. The lowest BCUT2D eigenvalue weighted by molar-refractivity contribution is -0.136. The van der Waals surface area contributed by atoms with Crippen molar-refractivity contribution >= 4 is 29.2 Å². The lowest BCUT2D eigenvalue weighted by Gasteiger charge is -2.10. The number of aromatic nitrogens is 1. The summed E-state index contributed by atoms with van der Waals surface area (Å²) in [5, 5.41) is 3.86. The van der Waals surface area contributed by atoms with Crippen LogP contribution in [0.3, 0.4) is 0 Å². The number of hydrogen-bond acceptors (Lipinski definition) is 4. The van der Waals surface area contributed by atoms with Gasteiger partial charge in [0.25, 0.3) is 0 Å². The zero-order chi connectivity index (χ0) is 19.2. The summed E-state index contributed by atoms with van der Waals surface area (Å²) in [7, 11) is 0. The first kappa shape index (κ1) is 18.9. The van der Waals surface area contributed by atoms with Crippen molar-refractivity contribution in [3.05, 3.63) is 87.4 Å². The van der Waals surface area contributed by atoms with Gasteiger partial charge >= 0.3 is 5.97 Å². The Balaban J connectivity index is 1.63. The van der Waals surface area contributed by atoms with E-state index in [1.807, 2.05) is 54.9 Å². The minimum atomic E-state index is -0.521. The third kappa shape index (κ3) is 4.83. The average molecular weight is 379 g/mol. The number of ether oxygens (including phenoxy) is 1. The number of thiophene rings is 1. The highest BCUT2D eigenvalue weighted by Gasteiger charge is 2.17. The Morgan fingerprint density at radius 3 is 2.63 bits per heavy atom. The van der Waals surface area contributed by atoms with Crippen LogP contribution in [0.1, 0.15) is 32.9 Å². The number of nitrogens with zero attached hydrogens (tertiary/aromatic N) is 1. The highest BCUT2D eigenvalue weighted by Crippen LogP contribution is 2.18. The third-order valence-corrected chi connectivity index (χ3v) is 5.06. The third-order valence-electron chi connectivity index (χ3n) is 4.36. The number of aryl methyl sites for hydroxylation is 1. The van der Waals surface area contributed by atoms with Crippen LogP contribution >= 0.6 is 11.3 Å². The SMILES string of the molecule is Cc1cc(C(=O)COC(=O)/C=C/c2ccsc2)c(C)n1Cc1ccccc1. The van der Waals surface area contributed by atoms with E-state index in [-0.39, 0.29) is 12.4 Å². The molecule has 4 nitrogen and oxygen atoms in total. The Morgan fingerprint density at radius 1 is 1.15 bits per heavy atom. The van der Waals surface area contributed by atoms with Gasteiger partial charge < -0.3 is 9.30 Å². The highest BCUT2D eigenvalue weighted by atomic mass is 32.1. The molecule has 0 radical (unpaired) electrons. The van der Waals surface area contributed by atoms with Gasteiger partial charge in [0.05, 0.1) is 0 Å². The molecule has 0 saturated carbocycles. The van der Waals surface area contributed by atoms with Crippen LogP contribution in [0, 0.1) is 13.8 Å². The highest BCUT2D eigenvalue weighted by molar-refractivity contribution is 7.08. The first-order valence-corrected chi connectivity index (χ1v) is 9.60. The molecule has 0 amide bonds. The number of esters is 1. The molecule has 138 valence electrons. The Bertz CT molecular complexity index is 953. The molecule has 2 heterocycles. The van der Waals surface area contributed by atoms with Crippen LogP contribution in [0.25, 0.3) is 6.08 Å². The van der Waals surface area contributed by atoms with Crippen LogP contribution < -0.4 is 0 Å². The van der Waals surface area contributed by atoms with Crippen molar-refractivity contribution < 1.29 is 14.3 Å². The van der Waals surface area contributed by atoms with Crippen molar-refractivity contribution in [2.45, 2.75) is 20.4 Å². The van der Waals surface area contributed by atoms with Crippen molar-refractivity contribution in [3.63, 3.8) is 0 Å². The number of carbonyl (C=O) groups excluding carboxylic acids is 2. The molecule has 1 aromatic carbocycles. The smallest absolute Gasteiger partial charge is 0.331 e. The zero-order valence-corrected chi connectivity index (χ0v) is 16.2. The number of ketones is 1.